The molecule has 10 heteroatoms. The monoisotopic (exact) mass is 1120 g/mol. The number of hydrogen-bond donors (Lipinski definition) is 1. The van der Waals surface area contributed by atoms with Gasteiger partial charge in [-0.2, -0.15) is 0 Å². The van der Waals surface area contributed by atoms with E-state index in [1.54, 1.807) is 0 Å². The van der Waals surface area contributed by atoms with Gasteiger partial charge in [0.2, 0.25) is 5.91 Å². The summed E-state index contributed by atoms with van der Waals surface area (Å²) in [4.78, 5) is 40.0. The predicted octanol–water partition coefficient (Wildman–Crippen LogP) is 20.4. The molecule has 460 valence electrons. The Hall–Kier alpha value is -1.77. The van der Waals surface area contributed by atoms with Crippen LogP contribution in [0, 0.1) is 0 Å². The number of phosphoric acid groups is 1. The third-order valence-corrected chi connectivity index (χ3v) is 16.3. The second-order valence-electron chi connectivity index (χ2n) is 24.4. The molecule has 0 rings (SSSR count). The third kappa shape index (κ3) is 58.9. The second-order valence-corrected chi connectivity index (χ2v) is 25.8. The molecule has 1 N–H and O–H groups in total. The Morgan fingerprint density at radius 1 is 0.449 bits per heavy atom. The smallest absolute Gasteiger partial charge is 0.306 e. The van der Waals surface area contributed by atoms with Crippen molar-refractivity contribution in [3.8, 4) is 0 Å². The molecule has 0 fully saturated rings. The number of quaternary nitrogens is 1. The van der Waals surface area contributed by atoms with E-state index in [2.05, 4.69) is 50.4 Å². The fourth-order valence-electron chi connectivity index (χ4n) is 10.1. The van der Waals surface area contributed by atoms with Crippen LogP contribution in [0.3, 0.4) is 0 Å². The van der Waals surface area contributed by atoms with E-state index in [4.69, 9.17) is 13.8 Å². The van der Waals surface area contributed by atoms with Gasteiger partial charge < -0.3 is 28.5 Å². The van der Waals surface area contributed by atoms with Crippen LogP contribution in [0.2, 0.25) is 0 Å². The van der Waals surface area contributed by atoms with Crippen molar-refractivity contribution in [1.82, 2.24) is 5.32 Å². The zero-order valence-electron chi connectivity index (χ0n) is 52.6. The molecule has 0 aromatic carbocycles. The Kier molecular flexibility index (Phi) is 57.1. The highest BCUT2D eigenvalue weighted by atomic mass is 31.2. The van der Waals surface area contributed by atoms with Crippen molar-refractivity contribution in [2.24, 2.45) is 0 Å². The number of ether oxygens (including phenoxy) is 1. The van der Waals surface area contributed by atoms with E-state index >= 15 is 0 Å². The number of hydrogen-bond acceptors (Lipinski definition) is 7. The maximum atomic E-state index is 13.6. The van der Waals surface area contributed by atoms with Crippen LogP contribution in [0.4, 0.5) is 0 Å². The van der Waals surface area contributed by atoms with Crippen molar-refractivity contribution < 1.29 is 37.3 Å². The quantitative estimate of drug-likeness (QED) is 0.0161. The summed E-state index contributed by atoms with van der Waals surface area (Å²) in [6, 6.07) is -0.889. The summed E-state index contributed by atoms with van der Waals surface area (Å²) < 4.78 is 30.4. The molecule has 0 aromatic rings. The van der Waals surface area contributed by atoms with Crippen molar-refractivity contribution in [2.45, 2.75) is 348 Å². The topological polar surface area (TPSA) is 114 Å². The van der Waals surface area contributed by atoms with Crippen molar-refractivity contribution in [3.05, 3.63) is 36.5 Å². The molecule has 0 radical (unpaired) electrons. The molecule has 0 heterocycles. The average Bonchev–Trinajstić information content (AvgIpc) is 3.40. The van der Waals surface area contributed by atoms with Crippen LogP contribution in [-0.4, -0.2) is 69.4 Å². The summed E-state index contributed by atoms with van der Waals surface area (Å²) in [5.74, 6) is -0.539. The minimum absolute atomic E-state index is 0.0219. The van der Waals surface area contributed by atoms with E-state index < -0.39 is 20.0 Å². The number of esters is 1. The number of amides is 1. The Bertz CT molecular complexity index is 1430. The molecule has 78 heavy (non-hydrogen) atoms. The largest absolute Gasteiger partial charge is 0.756 e. The van der Waals surface area contributed by atoms with E-state index in [1.807, 2.05) is 33.3 Å². The van der Waals surface area contributed by atoms with Crippen LogP contribution in [0.15, 0.2) is 36.5 Å². The standard InChI is InChI=1S/C68H131N2O7P/c1-7-10-13-16-19-22-25-28-30-31-32-33-34-35-36-37-38-39-41-42-45-48-51-54-57-60-67(71)69-65(64-76-78(73,74)75-63-62-70(4,5)6)66(59-56-53-50-47-44-27-24-21-18-15-12-9-3)77-68(72)61-58-55-52-49-46-43-40-29-26-23-20-17-14-11-8-2/h20,23,26,29,56,59,65-66H,7-19,21-22,24-25,27-28,30-55,57-58,60-64H2,1-6H3,(H-,69,71,73,74)/b23-20+,29-26+,59-56-. The van der Waals surface area contributed by atoms with Gasteiger partial charge in [-0.05, 0) is 57.4 Å². The predicted molar refractivity (Wildman–Crippen MR) is 335 cm³/mol. The lowest BCUT2D eigenvalue weighted by Crippen LogP contribution is -2.47. The number of carbonyl (C=O) groups excluding carboxylic acids is 2. The van der Waals surface area contributed by atoms with Crippen LogP contribution in [-0.2, 0) is 27.9 Å². The van der Waals surface area contributed by atoms with E-state index in [9.17, 15) is 19.0 Å². The van der Waals surface area contributed by atoms with Crippen LogP contribution in [0.25, 0.3) is 0 Å². The van der Waals surface area contributed by atoms with E-state index in [-0.39, 0.29) is 31.5 Å². The normalized spacial score (nSPS) is 13.8. The maximum absolute atomic E-state index is 13.6. The molecule has 9 nitrogen and oxygen atoms in total. The number of rotatable bonds is 62. The Morgan fingerprint density at radius 3 is 1.15 bits per heavy atom. The van der Waals surface area contributed by atoms with E-state index in [0.717, 1.165) is 77.0 Å². The van der Waals surface area contributed by atoms with Crippen LogP contribution < -0.4 is 10.2 Å². The van der Waals surface area contributed by atoms with Crippen LogP contribution in [0.5, 0.6) is 0 Å². The van der Waals surface area contributed by atoms with Crippen molar-refractivity contribution in [2.75, 3.05) is 40.9 Å². The van der Waals surface area contributed by atoms with Crippen molar-refractivity contribution in [3.63, 3.8) is 0 Å². The lowest BCUT2D eigenvalue weighted by molar-refractivity contribution is -0.870. The summed E-state index contributed by atoms with van der Waals surface area (Å²) in [5.41, 5.74) is 0. The molecule has 0 saturated carbocycles. The first-order valence-corrected chi connectivity index (χ1v) is 35.3. The summed E-state index contributed by atoms with van der Waals surface area (Å²) in [6.07, 6.45) is 71.2. The molecule has 0 spiro atoms. The fraction of sp³-hybridized carbons (Fsp3) is 0.882. The average molecular weight is 1120 g/mol. The number of likely N-dealkylation sites (N-methyl/N-ethyl adjacent to an activating group) is 1. The summed E-state index contributed by atoms with van der Waals surface area (Å²) in [6.45, 7) is 6.85. The van der Waals surface area contributed by atoms with Gasteiger partial charge in [-0.15, -0.1) is 0 Å². The lowest BCUT2D eigenvalue weighted by atomic mass is 10.0. The van der Waals surface area contributed by atoms with Gasteiger partial charge in [0, 0.05) is 12.8 Å². The molecule has 0 bridgehead atoms. The first-order chi connectivity index (χ1) is 37.9. The van der Waals surface area contributed by atoms with Gasteiger partial charge in [0.1, 0.15) is 19.3 Å². The molecule has 3 unspecified atom stereocenters. The zero-order chi connectivity index (χ0) is 57.2. The highest BCUT2D eigenvalue weighted by Gasteiger charge is 2.27. The number of nitrogens with zero attached hydrogens (tertiary/aromatic N) is 1. The number of nitrogens with one attached hydrogen (secondary N) is 1. The molecule has 1 amide bonds. The molecule has 0 aliphatic heterocycles. The molecule has 0 aliphatic carbocycles. The fourth-order valence-corrected chi connectivity index (χ4v) is 10.8. The second kappa shape index (κ2) is 58.4. The first kappa shape index (κ1) is 76.2. The van der Waals surface area contributed by atoms with E-state index in [0.29, 0.717) is 17.4 Å². The van der Waals surface area contributed by atoms with Gasteiger partial charge >= 0.3 is 5.97 Å². The number of allylic oxidation sites excluding steroid dienone is 5. The SMILES string of the molecule is CCCCC/C=C/C=C/CCCCCCCCC(=O)OC(/C=C\CCCCCCCCCCCC)C(COP(=O)([O-])OCC[N+](C)(C)C)NC(=O)CCCCCCCCCCCCCCCCCCCCCCCCCCC. The van der Waals surface area contributed by atoms with Crippen LogP contribution in [0.1, 0.15) is 335 Å². The highest BCUT2D eigenvalue weighted by molar-refractivity contribution is 7.45. The van der Waals surface area contributed by atoms with Gasteiger partial charge in [0.25, 0.3) is 7.82 Å². The molecular formula is C68H131N2O7P. The van der Waals surface area contributed by atoms with Gasteiger partial charge in [-0.3, -0.25) is 14.2 Å². The zero-order valence-corrected chi connectivity index (χ0v) is 53.5. The molecule has 0 aliphatic rings. The number of carbonyl (C=O) groups is 2. The maximum Gasteiger partial charge on any atom is 0.306 e. The minimum Gasteiger partial charge on any atom is -0.756 e. The summed E-state index contributed by atoms with van der Waals surface area (Å²) in [5, 5.41) is 3.04. The molecule has 3 atom stereocenters. The van der Waals surface area contributed by atoms with Crippen LogP contribution >= 0.6 is 7.82 Å². The Labute approximate surface area is 485 Å². The van der Waals surface area contributed by atoms with Gasteiger partial charge in [0.05, 0.1) is 33.8 Å². The minimum atomic E-state index is -4.70. The Morgan fingerprint density at radius 2 is 0.769 bits per heavy atom. The first-order valence-electron chi connectivity index (χ1n) is 33.8. The third-order valence-electron chi connectivity index (χ3n) is 15.4. The lowest BCUT2D eigenvalue weighted by Gasteiger charge is -2.30. The number of unbranched alkanes of at least 4 members (excludes halogenated alkanes) is 43. The molecule has 0 saturated heterocycles. The van der Waals surface area contributed by atoms with Crippen molar-refractivity contribution >= 4 is 19.7 Å². The van der Waals surface area contributed by atoms with Gasteiger partial charge in [-0.1, -0.05) is 302 Å². The number of phosphoric ester groups is 1. The molecular weight excluding hydrogens is 988 g/mol. The summed E-state index contributed by atoms with van der Waals surface area (Å²) >= 11 is 0. The van der Waals surface area contributed by atoms with Crippen molar-refractivity contribution in [1.29, 1.82) is 0 Å². The van der Waals surface area contributed by atoms with Gasteiger partial charge in [0.15, 0.2) is 0 Å². The summed E-state index contributed by atoms with van der Waals surface area (Å²) in [7, 11) is 1.19. The van der Waals surface area contributed by atoms with E-state index in [1.165, 1.54) is 225 Å². The highest BCUT2D eigenvalue weighted by Crippen LogP contribution is 2.38. The van der Waals surface area contributed by atoms with Gasteiger partial charge in [-0.25, -0.2) is 0 Å². The Balaban J connectivity index is 5.04. The molecule has 0 aromatic heterocycles.